The summed E-state index contributed by atoms with van der Waals surface area (Å²) >= 11 is 9.57. The van der Waals surface area contributed by atoms with Gasteiger partial charge in [-0.3, -0.25) is 4.79 Å². The molecule has 0 N–H and O–H groups in total. The SMILES string of the molecule is COc1cc(Br)cc(C=Nn2c(C3CCCCC3)nc3ccccc3c2=O)c1OCc1ccc(Cl)cc1. The molecule has 0 bridgehead atoms. The second-order valence-corrected chi connectivity index (χ2v) is 10.5. The molecule has 1 heterocycles. The predicted molar refractivity (Wildman–Crippen MR) is 151 cm³/mol. The first-order chi connectivity index (χ1) is 18.0. The lowest BCUT2D eigenvalue weighted by molar-refractivity contribution is 0.284. The van der Waals surface area contributed by atoms with Crippen LogP contribution in [0.1, 0.15) is 55.0 Å². The summed E-state index contributed by atoms with van der Waals surface area (Å²) in [4.78, 5) is 18.5. The summed E-state index contributed by atoms with van der Waals surface area (Å²) in [6, 6.07) is 18.7. The van der Waals surface area contributed by atoms with Crippen LogP contribution < -0.4 is 15.0 Å². The molecule has 0 radical (unpaired) electrons. The molecule has 8 heteroatoms. The minimum atomic E-state index is -0.173. The lowest BCUT2D eigenvalue weighted by Crippen LogP contribution is -2.25. The second kappa shape index (κ2) is 11.5. The van der Waals surface area contributed by atoms with E-state index in [1.807, 2.05) is 54.6 Å². The van der Waals surface area contributed by atoms with Crippen LogP contribution in [0.4, 0.5) is 0 Å². The summed E-state index contributed by atoms with van der Waals surface area (Å²) in [6.45, 7) is 0.320. The van der Waals surface area contributed by atoms with Crippen molar-refractivity contribution < 1.29 is 9.47 Å². The highest BCUT2D eigenvalue weighted by Gasteiger charge is 2.22. The maximum Gasteiger partial charge on any atom is 0.282 e. The Morgan fingerprint density at radius 1 is 1.11 bits per heavy atom. The van der Waals surface area contributed by atoms with Crippen LogP contribution in [0.3, 0.4) is 0 Å². The van der Waals surface area contributed by atoms with Gasteiger partial charge in [-0.1, -0.05) is 71.1 Å². The first kappa shape index (κ1) is 25.5. The van der Waals surface area contributed by atoms with Crippen molar-refractivity contribution in [2.45, 2.75) is 44.6 Å². The Bertz CT molecular complexity index is 1500. The summed E-state index contributed by atoms with van der Waals surface area (Å²) in [5.41, 5.74) is 2.17. The predicted octanol–water partition coefficient (Wildman–Crippen LogP) is 7.33. The number of para-hydroxylation sites is 1. The maximum atomic E-state index is 13.6. The first-order valence-corrected chi connectivity index (χ1v) is 13.5. The fourth-order valence-corrected chi connectivity index (χ4v) is 5.30. The smallest absolute Gasteiger partial charge is 0.282 e. The molecule has 0 atom stereocenters. The highest BCUT2D eigenvalue weighted by atomic mass is 79.9. The summed E-state index contributed by atoms with van der Waals surface area (Å²) < 4.78 is 14.1. The number of halogens is 2. The number of hydrogen-bond donors (Lipinski definition) is 0. The molecule has 1 saturated carbocycles. The fraction of sp³-hybridized carbons (Fsp3) is 0.276. The molecular formula is C29H27BrClN3O3. The monoisotopic (exact) mass is 579 g/mol. The van der Waals surface area contributed by atoms with Gasteiger partial charge in [0.2, 0.25) is 0 Å². The Hall–Kier alpha value is -3.16. The fourth-order valence-electron chi connectivity index (χ4n) is 4.72. The number of benzene rings is 3. The number of methoxy groups -OCH3 is 1. The Balaban J connectivity index is 1.56. The van der Waals surface area contributed by atoms with Gasteiger partial charge in [0.25, 0.3) is 5.56 Å². The van der Waals surface area contributed by atoms with E-state index in [0.29, 0.717) is 45.4 Å². The van der Waals surface area contributed by atoms with Crippen LogP contribution in [-0.2, 0) is 6.61 Å². The molecule has 0 amide bonds. The zero-order valence-electron chi connectivity index (χ0n) is 20.5. The average Bonchev–Trinajstić information content (AvgIpc) is 2.93. The number of nitrogens with zero attached hydrogens (tertiary/aromatic N) is 3. The molecule has 3 aromatic carbocycles. The Labute approximate surface area is 229 Å². The standard InChI is InChI=1S/C29H27BrClN3O3/c1-36-26-16-22(30)15-21(27(26)37-18-19-11-13-23(31)14-12-19)17-32-34-28(20-7-3-2-4-8-20)33-25-10-6-5-9-24(25)29(34)35/h5-6,9-17,20H,2-4,7-8,18H2,1H3. The van der Waals surface area contributed by atoms with E-state index in [-0.39, 0.29) is 11.5 Å². The minimum absolute atomic E-state index is 0.173. The minimum Gasteiger partial charge on any atom is -0.493 e. The molecule has 1 aliphatic rings. The lowest BCUT2D eigenvalue weighted by atomic mass is 9.88. The van der Waals surface area contributed by atoms with Crippen LogP contribution in [-0.4, -0.2) is 23.0 Å². The Kier molecular flexibility index (Phi) is 7.91. The molecule has 190 valence electrons. The van der Waals surface area contributed by atoms with Gasteiger partial charge in [0.1, 0.15) is 12.4 Å². The van der Waals surface area contributed by atoms with Crippen LogP contribution in [0.5, 0.6) is 11.5 Å². The van der Waals surface area contributed by atoms with Crippen LogP contribution in [0.15, 0.2) is 75.0 Å². The van der Waals surface area contributed by atoms with Crippen LogP contribution in [0.2, 0.25) is 5.02 Å². The van der Waals surface area contributed by atoms with E-state index in [4.69, 9.17) is 26.1 Å². The molecule has 4 aromatic rings. The molecule has 1 aliphatic carbocycles. The quantitative estimate of drug-likeness (QED) is 0.215. The molecule has 0 unspecified atom stereocenters. The molecule has 1 fully saturated rings. The van der Waals surface area contributed by atoms with Gasteiger partial charge in [0.05, 0.1) is 24.2 Å². The van der Waals surface area contributed by atoms with E-state index in [2.05, 4.69) is 21.0 Å². The summed E-state index contributed by atoms with van der Waals surface area (Å²) in [5.74, 6) is 2.00. The van der Waals surface area contributed by atoms with Crippen molar-refractivity contribution in [3.05, 3.63) is 97.5 Å². The molecule has 37 heavy (non-hydrogen) atoms. The van der Waals surface area contributed by atoms with Crippen molar-refractivity contribution in [1.82, 2.24) is 9.66 Å². The zero-order valence-corrected chi connectivity index (χ0v) is 22.8. The number of aromatic nitrogens is 2. The normalized spacial score (nSPS) is 14.4. The number of hydrogen-bond acceptors (Lipinski definition) is 5. The van der Waals surface area contributed by atoms with Gasteiger partial charge in [-0.25, -0.2) is 4.98 Å². The van der Waals surface area contributed by atoms with E-state index in [1.54, 1.807) is 19.4 Å². The number of fused-ring (bicyclic) bond motifs is 1. The van der Waals surface area contributed by atoms with E-state index >= 15 is 0 Å². The van der Waals surface area contributed by atoms with E-state index in [9.17, 15) is 4.79 Å². The maximum absolute atomic E-state index is 13.6. The average molecular weight is 581 g/mol. The van der Waals surface area contributed by atoms with E-state index in [1.165, 1.54) is 11.1 Å². The van der Waals surface area contributed by atoms with Crippen molar-refractivity contribution in [2.24, 2.45) is 5.10 Å². The highest BCUT2D eigenvalue weighted by molar-refractivity contribution is 9.10. The van der Waals surface area contributed by atoms with Crippen LogP contribution in [0, 0.1) is 0 Å². The molecule has 6 nitrogen and oxygen atoms in total. The number of rotatable bonds is 7. The van der Waals surface area contributed by atoms with Gasteiger partial charge in [-0.15, -0.1) is 0 Å². The lowest BCUT2D eigenvalue weighted by Gasteiger charge is -2.22. The van der Waals surface area contributed by atoms with Gasteiger partial charge in [0, 0.05) is 21.0 Å². The zero-order chi connectivity index (χ0) is 25.8. The van der Waals surface area contributed by atoms with E-state index in [0.717, 1.165) is 35.7 Å². The highest BCUT2D eigenvalue weighted by Crippen LogP contribution is 2.35. The molecule has 0 aliphatic heterocycles. The van der Waals surface area contributed by atoms with Gasteiger partial charge in [0.15, 0.2) is 11.5 Å². The van der Waals surface area contributed by atoms with Crippen molar-refractivity contribution in [2.75, 3.05) is 7.11 Å². The van der Waals surface area contributed by atoms with Gasteiger partial charge in [-0.2, -0.15) is 9.78 Å². The molecule has 1 aromatic heterocycles. The Morgan fingerprint density at radius 2 is 1.86 bits per heavy atom. The van der Waals surface area contributed by atoms with Crippen molar-refractivity contribution >= 4 is 44.6 Å². The molecular weight excluding hydrogens is 554 g/mol. The third-order valence-electron chi connectivity index (χ3n) is 6.63. The number of ether oxygens (including phenoxy) is 2. The second-order valence-electron chi connectivity index (χ2n) is 9.13. The van der Waals surface area contributed by atoms with Gasteiger partial charge in [-0.05, 0) is 54.8 Å². The third-order valence-corrected chi connectivity index (χ3v) is 7.34. The van der Waals surface area contributed by atoms with Gasteiger partial charge < -0.3 is 9.47 Å². The summed E-state index contributed by atoms with van der Waals surface area (Å²) in [7, 11) is 1.59. The van der Waals surface area contributed by atoms with Crippen LogP contribution in [0.25, 0.3) is 10.9 Å². The Morgan fingerprint density at radius 3 is 2.62 bits per heavy atom. The summed E-state index contributed by atoms with van der Waals surface area (Å²) in [5, 5.41) is 5.90. The molecule has 0 saturated heterocycles. The first-order valence-electron chi connectivity index (χ1n) is 12.3. The topological polar surface area (TPSA) is 65.7 Å². The van der Waals surface area contributed by atoms with Crippen molar-refractivity contribution in [3.8, 4) is 11.5 Å². The molecule has 5 rings (SSSR count). The van der Waals surface area contributed by atoms with Crippen LogP contribution >= 0.6 is 27.5 Å². The summed E-state index contributed by atoms with van der Waals surface area (Å²) in [6.07, 6.45) is 7.12. The third kappa shape index (κ3) is 5.73. The van der Waals surface area contributed by atoms with E-state index < -0.39 is 0 Å². The van der Waals surface area contributed by atoms with Crippen molar-refractivity contribution in [3.63, 3.8) is 0 Å². The molecule has 0 spiro atoms. The van der Waals surface area contributed by atoms with Crippen molar-refractivity contribution in [1.29, 1.82) is 0 Å². The largest absolute Gasteiger partial charge is 0.493 e. The van der Waals surface area contributed by atoms with Gasteiger partial charge >= 0.3 is 0 Å².